The summed E-state index contributed by atoms with van der Waals surface area (Å²) in [5.74, 6) is 1.70. The monoisotopic (exact) mass is 518 g/mol. The highest BCUT2D eigenvalue weighted by Gasteiger charge is 2.24. The van der Waals surface area contributed by atoms with Gasteiger partial charge in [-0.05, 0) is 54.4 Å². The lowest BCUT2D eigenvalue weighted by Crippen LogP contribution is -2.48. The summed E-state index contributed by atoms with van der Waals surface area (Å²) in [5, 5.41) is 0.398. The average Bonchev–Trinajstić information content (AvgIpc) is 3.37. The number of halogens is 1. The number of nitrogens with zero attached hydrogens (tertiary/aromatic N) is 4. The molecule has 1 aromatic heterocycles. The van der Waals surface area contributed by atoms with E-state index in [2.05, 4.69) is 14.3 Å². The first-order valence-electron chi connectivity index (χ1n) is 12.0. The van der Waals surface area contributed by atoms with Crippen LogP contribution in [-0.2, 0) is 6.42 Å². The zero-order valence-corrected chi connectivity index (χ0v) is 21.5. The second-order valence-corrected chi connectivity index (χ2v) is 9.53. The first-order valence-corrected chi connectivity index (χ1v) is 12.8. The first-order chi connectivity index (χ1) is 18.0. The zero-order valence-electron chi connectivity index (χ0n) is 20.7. The van der Waals surface area contributed by atoms with Crippen molar-refractivity contribution < 1.29 is 18.7 Å². The highest BCUT2D eigenvalue weighted by molar-refractivity contribution is 7.07. The molecule has 4 aromatic rings. The van der Waals surface area contributed by atoms with Gasteiger partial charge >= 0.3 is 0 Å². The SMILES string of the molecule is COc1ccccc1N1CCN(C(=O)c2ccc(C)c(Oc3nc(Cc4ccc(F)cc4)ns3)c2)CC1. The van der Waals surface area contributed by atoms with Gasteiger partial charge in [0.2, 0.25) is 0 Å². The summed E-state index contributed by atoms with van der Waals surface area (Å²) in [4.78, 5) is 21.9. The molecule has 2 heterocycles. The van der Waals surface area contributed by atoms with E-state index in [1.165, 1.54) is 12.1 Å². The van der Waals surface area contributed by atoms with Crippen molar-refractivity contribution in [2.24, 2.45) is 0 Å². The maximum absolute atomic E-state index is 13.3. The minimum atomic E-state index is -0.276. The smallest absolute Gasteiger partial charge is 0.298 e. The van der Waals surface area contributed by atoms with Gasteiger partial charge in [-0.3, -0.25) is 4.79 Å². The Bertz CT molecular complexity index is 1380. The van der Waals surface area contributed by atoms with Crippen molar-refractivity contribution in [2.75, 3.05) is 38.2 Å². The normalized spacial score (nSPS) is 13.5. The molecule has 0 saturated carbocycles. The lowest BCUT2D eigenvalue weighted by atomic mass is 10.1. The summed E-state index contributed by atoms with van der Waals surface area (Å²) in [7, 11) is 1.67. The van der Waals surface area contributed by atoms with Gasteiger partial charge in [0.05, 0.1) is 12.8 Å². The molecule has 9 heteroatoms. The highest BCUT2D eigenvalue weighted by Crippen LogP contribution is 2.30. The maximum atomic E-state index is 13.3. The largest absolute Gasteiger partial charge is 0.495 e. The third-order valence-electron chi connectivity index (χ3n) is 6.35. The van der Waals surface area contributed by atoms with Crippen LogP contribution in [0, 0.1) is 12.7 Å². The fraction of sp³-hybridized carbons (Fsp3) is 0.250. The van der Waals surface area contributed by atoms with Gasteiger partial charge in [0.25, 0.3) is 11.1 Å². The Balaban J connectivity index is 1.23. The summed E-state index contributed by atoms with van der Waals surface area (Å²) in [6.45, 7) is 4.61. The number of hydrogen-bond acceptors (Lipinski definition) is 7. The number of aryl methyl sites for hydroxylation is 1. The molecule has 0 aliphatic carbocycles. The molecule has 0 N–H and O–H groups in total. The van der Waals surface area contributed by atoms with Crippen molar-refractivity contribution in [1.82, 2.24) is 14.3 Å². The van der Waals surface area contributed by atoms with E-state index in [9.17, 15) is 9.18 Å². The number of ether oxygens (including phenoxy) is 2. The fourth-order valence-corrected chi connectivity index (χ4v) is 4.86. The first kappa shape index (κ1) is 24.7. The summed E-state index contributed by atoms with van der Waals surface area (Å²) >= 11 is 1.15. The Hall–Kier alpha value is -3.98. The number of piperazine rings is 1. The van der Waals surface area contributed by atoms with Crippen LogP contribution in [0.5, 0.6) is 16.7 Å². The van der Waals surface area contributed by atoms with Crippen LogP contribution in [0.1, 0.15) is 27.3 Å². The lowest BCUT2D eigenvalue weighted by molar-refractivity contribution is 0.0746. The number of benzene rings is 3. The lowest BCUT2D eigenvalue weighted by Gasteiger charge is -2.36. The number of methoxy groups -OCH3 is 1. The van der Waals surface area contributed by atoms with Crippen LogP contribution in [0.3, 0.4) is 0 Å². The fourth-order valence-electron chi connectivity index (χ4n) is 4.30. The van der Waals surface area contributed by atoms with Gasteiger partial charge in [0, 0.05) is 49.7 Å². The predicted octanol–water partition coefficient (Wildman–Crippen LogP) is 5.34. The van der Waals surface area contributed by atoms with E-state index in [1.807, 2.05) is 48.2 Å². The molecule has 3 aromatic carbocycles. The molecule has 0 bridgehead atoms. The van der Waals surface area contributed by atoms with E-state index in [0.29, 0.717) is 41.8 Å². The van der Waals surface area contributed by atoms with Crippen LogP contribution in [0.2, 0.25) is 0 Å². The van der Waals surface area contributed by atoms with Crippen molar-refractivity contribution in [3.63, 3.8) is 0 Å². The minimum Gasteiger partial charge on any atom is -0.495 e. The van der Waals surface area contributed by atoms with Gasteiger partial charge in [0.15, 0.2) is 5.82 Å². The van der Waals surface area contributed by atoms with E-state index in [1.54, 1.807) is 25.3 Å². The molecule has 0 radical (unpaired) electrons. The number of rotatable bonds is 7. The number of aromatic nitrogens is 2. The maximum Gasteiger partial charge on any atom is 0.298 e. The zero-order chi connectivity index (χ0) is 25.8. The van der Waals surface area contributed by atoms with E-state index < -0.39 is 0 Å². The molecule has 190 valence electrons. The Morgan fingerprint density at radius 3 is 2.51 bits per heavy atom. The summed E-state index contributed by atoms with van der Waals surface area (Å²) < 4.78 is 29.0. The topological polar surface area (TPSA) is 67.8 Å². The van der Waals surface area contributed by atoms with Crippen LogP contribution in [0.4, 0.5) is 10.1 Å². The Kier molecular flexibility index (Phi) is 7.32. The van der Waals surface area contributed by atoms with Crippen molar-refractivity contribution in [3.8, 4) is 16.7 Å². The van der Waals surface area contributed by atoms with Gasteiger partial charge in [-0.1, -0.05) is 30.3 Å². The van der Waals surface area contributed by atoms with Crippen molar-refractivity contribution in [2.45, 2.75) is 13.3 Å². The molecule has 0 unspecified atom stereocenters. The molecule has 1 fully saturated rings. The van der Waals surface area contributed by atoms with Crippen LogP contribution >= 0.6 is 11.5 Å². The number of para-hydroxylation sites is 2. The third-order valence-corrected chi connectivity index (χ3v) is 6.98. The average molecular weight is 519 g/mol. The standard InChI is InChI=1S/C28H27FN4O3S/c1-19-7-10-21(27(34)33-15-13-32(14-16-33)23-5-3-4-6-24(23)35-2)18-25(19)36-28-30-26(31-37-28)17-20-8-11-22(29)12-9-20/h3-12,18H,13-17H2,1-2H3. The summed E-state index contributed by atoms with van der Waals surface area (Å²) in [6.07, 6.45) is 0.485. The Morgan fingerprint density at radius 1 is 1.00 bits per heavy atom. The molecule has 7 nitrogen and oxygen atoms in total. The van der Waals surface area contributed by atoms with E-state index in [0.717, 1.165) is 47.2 Å². The molecule has 1 amide bonds. The van der Waals surface area contributed by atoms with Crippen molar-refractivity contribution >= 4 is 23.1 Å². The molecule has 1 saturated heterocycles. The van der Waals surface area contributed by atoms with E-state index in [-0.39, 0.29) is 11.7 Å². The summed E-state index contributed by atoms with van der Waals surface area (Å²) in [5.41, 5.74) is 3.43. The number of carbonyl (C=O) groups excluding carboxylic acids is 1. The third kappa shape index (κ3) is 5.72. The number of carbonyl (C=O) groups is 1. The second kappa shape index (κ2) is 11.0. The van der Waals surface area contributed by atoms with Gasteiger partial charge in [0.1, 0.15) is 17.3 Å². The number of anilines is 1. The summed E-state index contributed by atoms with van der Waals surface area (Å²) in [6, 6.07) is 19.7. The molecule has 0 atom stereocenters. The van der Waals surface area contributed by atoms with Crippen LogP contribution in [-0.4, -0.2) is 53.5 Å². The molecule has 37 heavy (non-hydrogen) atoms. The van der Waals surface area contributed by atoms with Crippen LogP contribution in [0.25, 0.3) is 0 Å². The predicted molar refractivity (Wildman–Crippen MR) is 141 cm³/mol. The molecule has 0 spiro atoms. The van der Waals surface area contributed by atoms with Gasteiger partial charge in [-0.2, -0.15) is 9.36 Å². The van der Waals surface area contributed by atoms with Crippen molar-refractivity contribution in [3.05, 3.63) is 95.1 Å². The Labute approximate surface area is 219 Å². The molecular weight excluding hydrogens is 491 g/mol. The molecule has 5 rings (SSSR count). The number of amides is 1. The van der Waals surface area contributed by atoms with Crippen molar-refractivity contribution in [1.29, 1.82) is 0 Å². The van der Waals surface area contributed by atoms with Gasteiger partial charge in [-0.25, -0.2) is 4.39 Å². The highest BCUT2D eigenvalue weighted by atomic mass is 32.1. The number of hydrogen-bond donors (Lipinski definition) is 0. The van der Waals surface area contributed by atoms with Gasteiger partial charge < -0.3 is 19.3 Å². The molecular formula is C28H27FN4O3S. The van der Waals surface area contributed by atoms with Gasteiger partial charge in [-0.15, -0.1) is 0 Å². The van der Waals surface area contributed by atoms with Crippen LogP contribution in [0.15, 0.2) is 66.7 Å². The van der Waals surface area contributed by atoms with E-state index >= 15 is 0 Å². The Morgan fingerprint density at radius 2 is 1.76 bits per heavy atom. The van der Waals surface area contributed by atoms with E-state index in [4.69, 9.17) is 9.47 Å². The van der Waals surface area contributed by atoms with Crippen LogP contribution < -0.4 is 14.4 Å². The molecule has 1 aliphatic heterocycles. The minimum absolute atomic E-state index is 0.0289. The molecule has 1 aliphatic rings. The second-order valence-electron chi connectivity index (χ2n) is 8.81. The quantitative estimate of drug-likeness (QED) is 0.329.